The Morgan fingerprint density at radius 3 is 2.69 bits per heavy atom. The number of aromatic amines is 1. The second-order valence-corrected chi connectivity index (χ2v) is 4.84. The largest absolute Gasteiger partial charge is 0.496 e. The van der Waals surface area contributed by atoms with Gasteiger partial charge in [-0.25, -0.2) is 0 Å². The molecule has 1 heterocycles. The first-order valence-electron chi connectivity index (χ1n) is 5.16. The maximum atomic E-state index is 5.98. The summed E-state index contributed by atoms with van der Waals surface area (Å²) in [7, 11) is 1.66. The molecule has 2 aromatic rings. The SMILES string of the molecule is COc1cc2c(C(C)N)c(C)[nH]c2cc1Br. The number of ether oxygens (including phenoxy) is 1. The molecule has 0 bridgehead atoms. The molecular weight excluding hydrogens is 268 g/mol. The van der Waals surface area contributed by atoms with Crippen molar-refractivity contribution in [2.75, 3.05) is 7.11 Å². The number of nitrogens with two attached hydrogens (primary N) is 1. The standard InChI is InChI=1S/C12H15BrN2O/c1-6(14)12-7(2)15-10-5-9(13)11(16-3)4-8(10)12/h4-6,15H,14H2,1-3H3. The van der Waals surface area contributed by atoms with Gasteiger partial charge in [-0.3, -0.25) is 0 Å². The number of fused-ring (bicyclic) bond motifs is 1. The first kappa shape index (κ1) is 11.5. The highest BCUT2D eigenvalue weighted by atomic mass is 79.9. The van der Waals surface area contributed by atoms with Crippen LogP contribution in [0, 0.1) is 6.92 Å². The van der Waals surface area contributed by atoms with Crippen LogP contribution in [0.5, 0.6) is 5.75 Å². The number of benzene rings is 1. The van der Waals surface area contributed by atoms with Crippen LogP contribution in [0.25, 0.3) is 10.9 Å². The molecule has 0 saturated carbocycles. The van der Waals surface area contributed by atoms with E-state index < -0.39 is 0 Å². The first-order chi connectivity index (χ1) is 7.54. The Labute approximate surface area is 103 Å². The van der Waals surface area contributed by atoms with E-state index in [1.807, 2.05) is 26.0 Å². The quantitative estimate of drug-likeness (QED) is 0.888. The third-order valence-corrected chi connectivity index (χ3v) is 3.38. The normalized spacial score (nSPS) is 13.1. The zero-order chi connectivity index (χ0) is 11.9. The summed E-state index contributed by atoms with van der Waals surface area (Å²) < 4.78 is 6.24. The zero-order valence-electron chi connectivity index (χ0n) is 9.60. The van der Waals surface area contributed by atoms with Crippen molar-refractivity contribution in [2.24, 2.45) is 5.73 Å². The van der Waals surface area contributed by atoms with Crippen molar-refractivity contribution < 1.29 is 4.74 Å². The second kappa shape index (κ2) is 4.11. The van der Waals surface area contributed by atoms with Gasteiger partial charge >= 0.3 is 0 Å². The van der Waals surface area contributed by atoms with Crippen LogP contribution in [0.4, 0.5) is 0 Å². The monoisotopic (exact) mass is 282 g/mol. The molecule has 0 saturated heterocycles. The van der Waals surface area contributed by atoms with E-state index in [4.69, 9.17) is 10.5 Å². The molecule has 0 spiro atoms. The highest BCUT2D eigenvalue weighted by molar-refractivity contribution is 9.10. The first-order valence-corrected chi connectivity index (χ1v) is 5.95. The van der Waals surface area contributed by atoms with Crippen LogP contribution in [0.3, 0.4) is 0 Å². The Kier molecular flexibility index (Phi) is 2.95. The topological polar surface area (TPSA) is 51.0 Å². The summed E-state index contributed by atoms with van der Waals surface area (Å²) >= 11 is 3.47. The summed E-state index contributed by atoms with van der Waals surface area (Å²) in [6.45, 7) is 4.03. The minimum Gasteiger partial charge on any atom is -0.496 e. The van der Waals surface area contributed by atoms with E-state index in [1.54, 1.807) is 7.11 Å². The van der Waals surface area contributed by atoms with Gasteiger partial charge in [0.05, 0.1) is 11.6 Å². The van der Waals surface area contributed by atoms with Gasteiger partial charge in [0.15, 0.2) is 0 Å². The molecular formula is C12H15BrN2O. The van der Waals surface area contributed by atoms with E-state index in [0.29, 0.717) is 0 Å². The van der Waals surface area contributed by atoms with Crippen molar-refractivity contribution in [2.45, 2.75) is 19.9 Å². The van der Waals surface area contributed by atoms with Gasteiger partial charge in [0.25, 0.3) is 0 Å². The second-order valence-electron chi connectivity index (χ2n) is 3.98. The molecule has 0 aliphatic heterocycles. The van der Waals surface area contributed by atoms with Crippen molar-refractivity contribution in [3.63, 3.8) is 0 Å². The molecule has 0 amide bonds. The third kappa shape index (κ3) is 1.72. The third-order valence-electron chi connectivity index (χ3n) is 2.76. The van der Waals surface area contributed by atoms with Gasteiger partial charge in [0.2, 0.25) is 0 Å². The Morgan fingerprint density at radius 1 is 1.44 bits per heavy atom. The lowest BCUT2D eigenvalue weighted by Gasteiger charge is -2.07. The summed E-state index contributed by atoms with van der Waals surface area (Å²) in [6, 6.07) is 4.05. The predicted octanol–water partition coefficient (Wildman–Crippen LogP) is 3.27. The minimum absolute atomic E-state index is 0.0135. The molecule has 0 radical (unpaired) electrons. The number of hydrogen-bond donors (Lipinski definition) is 2. The van der Waals surface area contributed by atoms with Crippen LogP contribution in [0.1, 0.15) is 24.2 Å². The molecule has 1 aromatic carbocycles. The maximum Gasteiger partial charge on any atom is 0.133 e. The Bertz CT molecular complexity index is 531. The number of nitrogens with one attached hydrogen (secondary N) is 1. The molecule has 4 heteroatoms. The van der Waals surface area contributed by atoms with Gasteiger partial charge in [-0.1, -0.05) is 0 Å². The Balaban J connectivity index is 2.77. The number of aromatic nitrogens is 1. The molecule has 16 heavy (non-hydrogen) atoms. The number of methoxy groups -OCH3 is 1. The van der Waals surface area contributed by atoms with Crippen LogP contribution in [0.2, 0.25) is 0 Å². The Morgan fingerprint density at radius 2 is 2.12 bits per heavy atom. The average molecular weight is 283 g/mol. The molecule has 1 atom stereocenters. The lowest BCUT2D eigenvalue weighted by atomic mass is 10.1. The minimum atomic E-state index is 0.0135. The van der Waals surface area contributed by atoms with Crippen molar-refractivity contribution in [3.05, 3.63) is 27.9 Å². The van der Waals surface area contributed by atoms with Crippen molar-refractivity contribution in [1.29, 1.82) is 0 Å². The van der Waals surface area contributed by atoms with Gasteiger partial charge in [-0.05, 0) is 47.5 Å². The number of hydrogen-bond acceptors (Lipinski definition) is 2. The van der Waals surface area contributed by atoms with E-state index in [9.17, 15) is 0 Å². The Hall–Kier alpha value is -1.00. The fraction of sp³-hybridized carbons (Fsp3) is 0.333. The molecule has 3 nitrogen and oxygen atoms in total. The van der Waals surface area contributed by atoms with Crippen molar-refractivity contribution in [3.8, 4) is 5.75 Å². The summed E-state index contributed by atoms with van der Waals surface area (Å²) in [5.41, 5.74) is 9.33. The summed E-state index contributed by atoms with van der Waals surface area (Å²) in [4.78, 5) is 3.33. The number of rotatable bonds is 2. The number of aryl methyl sites for hydroxylation is 1. The van der Waals surface area contributed by atoms with E-state index in [1.165, 1.54) is 0 Å². The van der Waals surface area contributed by atoms with Crippen LogP contribution >= 0.6 is 15.9 Å². The molecule has 2 rings (SSSR count). The van der Waals surface area contributed by atoms with Crippen LogP contribution in [0.15, 0.2) is 16.6 Å². The molecule has 0 aliphatic rings. The van der Waals surface area contributed by atoms with Gasteiger partial charge in [0.1, 0.15) is 5.75 Å². The van der Waals surface area contributed by atoms with E-state index in [-0.39, 0.29) is 6.04 Å². The number of H-pyrrole nitrogens is 1. The fourth-order valence-corrected chi connectivity index (χ4v) is 2.60. The molecule has 1 aromatic heterocycles. The smallest absolute Gasteiger partial charge is 0.133 e. The van der Waals surface area contributed by atoms with Gasteiger partial charge in [-0.15, -0.1) is 0 Å². The highest BCUT2D eigenvalue weighted by Gasteiger charge is 2.14. The number of halogens is 1. The molecule has 0 aliphatic carbocycles. The van der Waals surface area contributed by atoms with E-state index in [0.717, 1.165) is 32.4 Å². The molecule has 3 N–H and O–H groups in total. The molecule has 0 fully saturated rings. The van der Waals surface area contributed by atoms with E-state index in [2.05, 4.69) is 20.9 Å². The van der Waals surface area contributed by atoms with Gasteiger partial charge in [-0.2, -0.15) is 0 Å². The van der Waals surface area contributed by atoms with E-state index >= 15 is 0 Å². The summed E-state index contributed by atoms with van der Waals surface area (Å²) in [5.74, 6) is 0.827. The lowest BCUT2D eigenvalue weighted by Crippen LogP contribution is -2.05. The molecule has 1 unspecified atom stereocenters. The summed E-state index contributed by atoms with van der Waals surface area (Å²) in [5, 5.41) is 1.13. The van der Waals surface area contributed by atoms with Crippen LogP contribution < -0.4 is 10.5 Å². The van der Waals surface area contributed by atoms with Crippen LogP contribution in [-0.4, -0.2) is 12.1 Å². The zero-order valence-corrected chi connectivity index (χ0v) is 11.2. The fourth-order valence-electron chi connectivity index (χ4n) is 2.09. The van der Waals surface area contributed by atoms with Crippen molar-refractivity contribution >= 4 is 26.8 Å². The lowest BCUT2D eigenvalue weighted by molar-refractivity contribution is 0.413. The van der Waals surface area contributed by atoms with Gasteiger partial charge in [0, 0.05) is 22.6 Å². The highest BCUT2D eigenvalue weighted by Crippen LogP contribution is 2.34. The maximum absolute atomic E-state index is 5.98. The summed E-state index contributed by atoms with van der Waals surface area (Å²) in [6.07, 6.45) is 0. The predicted molar refractivity (Wildman–Crippen MR) is 69.9 cm³/mol. The van der Waals surface area contributed by atoms with Gasteiger partial charge < -0.3 is 15.5 Å². The average Bonchev–Trinajstić information content (AvgIpc) is 2.51. The molecule has 86 valence electrons. The van der Waals surface area contributed by atoms with Crippen LogP contribution in [-0.2, 0) is 0 Å². The van der Waals surface area contributed by atoms with Crippen molar-refractivity contribution in [1.82, 2.24) is 4.98 Å².